The lowest BCUT2D eigenvalue weighted by Crippen LogP contribution is -2.33. The smallest absolute Gasteiger partial charge is 0.127 e. The van der Waals surface area contributed by atoms with Gasteiger partial charge in [0, 0.05) is 23.7 Å². The Bertz CT molecular complexity index is 400. The van der Waals surface area contributed by atoms with Gasteiger partial charge in [-0.2, -0.15) is 0 Å². The van der Waals surface area contributed by atoms with Gasteiger partial charge in [0.25, 0.3) is 0 Å². The molecule has 0 aliphatic heterocycles. The molecule has 3 heteroatoms. The molecular formula is C16H25NO2. The Morgan fingerprint density at radius 1 is 1.11 bits per heavy atom. The summed E-state index contributed by atoms with van der Waals surface area (Å²) in [6.45, 7) is 2.21. The van der Waals surface area contributed by atoms with Crippen LogP contribution in [0.1, 0.15) is 50.6 Å². The fourth-order valence-corrected chi connectivity index (χ4v) is 2.89. The maximum atomic E-state index is 5.48. The molecule has 0 spiro atoms. The highest BCUT2D eigenvalue weighted by atomic mass is 16.5. The van der Waals surface area contributed by atoms with Crippen molar-refractivity contribution in [3.8, 4) is 11.5 Å². The van der Waals surface area contributed by atoms with Crippen molar-refractivity contribution in [3.05, 3.63) is 23.8 Å². The zero-order valence-corrected chi connectivity index (χ0v) is 12.2. The van der Waals surface area contributed by atoms with Gasteiger partial charge in [0.05, 0.1) is 14.2 Å². The number of hydrogen-bond donors (Lipinski definition) is 1. The van der Waals surface area contributed by atoms with Gasteiger partial charge in [-0.3, -0.25) is 0 Å². The van der Waals surface area contributed by atoms with E-state index in [2.05, 4.69) is 18.3 Å². The molecular weight excluding hydrogens is 238 g/mol. The van der Waals surface area contributed by atoms with Gasteiger partial charge in [0.15, 0.2) is 0 Å². The molecule has 0 amide bonds. The van der Waals surface area contributed by atoms with Crippen LogP contribution in [0.15, 0.2) is 18.2 Å². The van der Waals surface area contributed by atoms with Gasteiger partial charge >= 0.3 is 0 Å². The number of rotatable bonds is 5. The van der Waals surface area contributed by atoms with E-state index in [4.69, 9.17) is 9.47 Å². The normalized spacial score (nSPS) is 18.1. The van der Waals surface area contributed by atoms with Crippen molar-refractivity contribution in [2.24, 2.45) is 0 Å². The number of hydrogen-bond acceptors (Lipinski definition) is 3. The van der Waals surface area contributed by atoms with E-state index in [1.807, 2.05) is 12.1 Å². The van der Waals surface area contributed by atoms with Crippen molar-refractivity contribution < 1.29 is 9.47 Å². The first-order chi connectivity index (χ1) is 9.24. The lowest BCUT2D eigenvalue weighted by Gasteiger charge is -2.27. The minimum atomic E-state index is 0.309. The Hall–Kier alpha value is -1.22. The Balaban J connectivity index is 2.06. The van der Waals surface area contributed by atoms with E-state index in [1.165, 1.54) is 37.7 Å². The van der Waals surface area contributed by atoms with Crippen LogP contribution < -0.4 is 14.8 Å². The van der Waals surface area contributed by atoms with Crippen LogP contribution in [-0.4, -0.2) is 20.3 Å². The molecule has 1 aromatic rings. The molecule has 1 saturated carbocycles. The molecule has 1 atom stereocenters. The zero-order valence-electron chi connectivity index (χ0n) is 12.2. The topological polar surface area (TPSA) is 30.5 Å². The molecule has 0 saturated heterocycles. The Labute approximate surface area is 116 Å². The van der Waals surface area contributed by atoms with Crippen molar-refractivity contribution in [3.63, 3.8) is 0 Å². The molecule has 1 aromatic carbocycles. The van der Waals surface area contributed by atoms with Crippen molar-refractivity contribution in [1.82, 2.24) is 5.32 Å². The molecule has 2 rings (SSSR count). The minimum Gasteiger partial charge on any atom is -0.497 e. The number of nitrogens with one attached hydrogen (secondary N) is 1. The predicted molar refractivity (Wildman–Crippen MR) is 78.0 cm³/mol. The summed E-state index contributed by atoms with van der Waals surface area (Å²) in [7, 11) is 3.39. The number of benzene rings is 1. The van der Waals surface area contributed by atoms with E-state index in [0.717, 1.165) is 11.5 Å². The van der Waals surface area contributed by atoms with Crippen LogP contribution >= 0.6 is 0 Å². The Morgan fingerprint density at radius 3 is 2.47 bits per heavy atom. The summed E-state index contributed by atoms with van der Waals surface area (Å²) in [4.78, 5) is 0. The van der Waals surface area contributed by atoms with Gasteiger partial charge in [0.1, 0.15) is 11.5 Å². The molecule has 0 radical (unpaired) electrons. The van der Waals surface area contributed by atoms with Gasteiger partial charge in [-0.25, -0.2) is 0 Å². The predicted octanol–water partition coefficient (Wildman–Crippen LogP) is 3.69. The molecule has 106 valence electrons. The lowest BCUT2D eigenvalue weighted by atomic mass is 9.94. The van der Waals surface area contributed by atoms with Crippen LogP contribution in [0.3, 0.4) is 0 Å². The molecule has 19 heavy (non-hydrogen) atoms. The standard InChI is InChI=1S/C16H25NO2/c1-12(17-13-7-5-4-6-8-13)15-10-9-14(18-2)11-16(15)19-3/h9-13,17H,4-8H2,1-3H3. The summed E-state index contributed by atoms with van der Waals surface area (Å²) in [6, 6.07) is 7.00. The van der Waals surface area contributed by atoms with Crippen LogP contribution in [0.4, 0.5) is 0 Å². The molecule has 1 fully saturated rings. The first kappa shape index (κ1) is 14.2. The molecule has 0 heterocycles. The maximum Gasteiger partial charge on any atom is 0.127 e. The van der Waals surface area contributed by atoms with Crippen LogP contribution in [-0.2, 0) is 0 Å². The highest BCUT2D eigenvalue weighted by Gasteiger charge is 2.18. The second-order valence-electron chi connectivity index (χ2n) is 5.33. The van der Waals surface area contributed by atoms with E-state index in [1.54, 1.807) is 14.2 Å². The highest BCUT2D eigenvalue weighted by Crippen LogP contribution is 2.30. The van der Waals surface area contributed by atoms with E-state index in [9.17, 15) is 0 Å². The van der Waals surface area contributed by atoms with Gasteiger partial charge in [-0.05, 0) is 25.8 Å². The van der Waals surface area contributed by atoms with Crippen molar-refractivity contribution in [1.29, 1.82) is 0 Å². The molecule has 1 N–H and O–H groups in total. The third-order valence-electron chi connectivity index (χ3n) is 4.00. The van der Waals surface area contributed by atoms with Crippen molar-refractivity contribution in [2.75, 3.05) is 14.2 Å². The van der Waals surface area contributed by atoms with Gasteiger partial charge in [-0.15, -0.1) is 0 Å². The van der Waals surface area contributed by atoms with E-state index >= 15 is 0 Å². The third-order valence-corrected chi connectivity index (χ3v) is 4.00. The van der Waals surface area contributed by atoms with Gasteiger partial charge < -0.3 is 14.8 Å². The molecule has 1 unspecified atom stereocenters. The first-order valence-corrected chi connectivity index (χ1v) is 7.22. The molecule has 1 aliphatic carbocycles. The van der Waals surface area contributed by atoms with Gasteiger partial charge in [0.2, 0.25) is 0 Å². The average molecular weight is 263 g/mol. The molecule has 0 bridgehead atoms. The summed E-state index contributed by atoms with van der Waals surface area (Å²) in [5, 5.41) is 3.73. The van der Waals surface area contributed by atoms with Crippen molar-refractivity contribution in [2.45, 2.75) is 51.1 Å². The largest absolute Gasteiger partial charge is 0.497 e. The molecule has 1 aliphatic rings. The zero-order chi connectivity index (χ0) is 13.7. The van der Waals surface area contributed by atoms with E-state index in [0.29, 0.717) is 12.1 Å². The molecule has 0 aromatic heterocycles. The van der Waals surface area contributed by atoms with Crippen LogP contribution in [0.2, 0.25) is 0 Å². The third kappa shape index (κ3) is 3.63. The fraction of sp³-hybridized carbons (Fsp3) is 0.625. The second-order valence-corrected chi connectivity index (χ2v) is 5.33. The highest BCUT2D eigenvalue weighted by molar-refractivity contribution is 5.42. The minimum absolute atomic E-state index is 0.309. The second kappa shape index (κ2) is 6.80. The van der Waals surface area contributed by atoms with Crippen LogP contribution in [0, 0.1) is 0 Å². The quantitative estimate of drug-likeness (QED) is 0.879. The van der Waals surface area contributed by atoms with Gasteiger partial charge in [-0.1, -0.05) is 25.3 Å². The summed E-state index contributed by atoms with van der Waals surface area (Å²) < 4.78 is 10.7. The number of methoxy groups -OCH3 is 2. The lowest BCUT2D eigenvalue weighted by molar-refractivity contribution is 0.338. The first-order valence-electron chi connectivity index (χ1n) is 7.22. The summed E-state index contributed by atoms with van der Waals surface area (Å²) in [5.74, 6) is 1.74. The Kier molecular flexibility index (Phi) is 5.08. The molecule has 3 nitrogen and oxygen atoms in total. The summed E-state index contributed by atoms with van der Waals surface area (Å²) >= 11 is 0. The fourth-order valence-electron chi connectivity index (χ4n) is 2.89. The van der Waals surface area contributed by atoms with Crippen LogP contribution in [0.5, 0.6) is 11.5 Å². The monoisotopic (exact) mass is 263 g/mol. The van der Waals surface area contributed by atoms with E-state index < -0.39 is 0 Å². The summed E-state index contributed by atoms with van der Waals surface area (Å²) in [5.41, 5.74) is 1.20. The average Bonchev–Trinajstić information content (AvgIpc) is 2.47. The Morgan fingerprint density at radius 2 is 1.84 bits per heavy atom. The maximum absolute atomic E-state index is 5.48. The van der Waals surface area contributed by atoms with Crippen LogP contribution in [0.25, 0.3) is 0 Å². The van der Waals surface area contributed by atoms with Crippen molar-refractivity contribution >= 4 is 0 Å². The van der Waals surface area contributed by atoms with E-state index in [-0.39, 0.29) is 0 Å². The summed E-state index contributed by atoms with van der Waals surface area (Å²) in [6.07, 6.45) is 6.68. The number of ether oxygens (including phenoxy) is 2. The SMILES string of the molecule is COc1ccc(C(C)NC2CCCCC2)c(OC)c1.